The van der Waals surface area contributed by atoms with Gasteiger partial charge >= 0.3 is 6.03 Å². The van der Waals surface area contributed by atoms with Crippen molar-refractivity contribution in [2.24, 2.45) is 0 Å². The molecule has 1 aliphatic rings. The van der Waals surface area contributed by atoms with Crippen molar-refractivity contribution in [2.75, 3.05) is 0 Å². The lowest BCUT2D eigenvalue weighted by molar-refractivity contribution is -0.131. The minimum atomic E-state index is -0.920. The van der Waals surface area contributed by atoms with E-state index in [1.165, 1.54) is 4.90 Å². The summed E-state index contributed by atoms with van der Waals surface area (Å²) >= 11 is 0. The predicted octanol–water partition coefficient (Wildman–Crippen LogP) is 0.562. The highest BCUT2D eigenvalue weighted by atomic mass is 28.2. The fourth-order valence-corrected chi connectivity index (χ4v) is 3.11. The molecule has 0 spiro atoms. The molecule has 0 radical (unpaired) electrons. The number of amides is 3. The lowest BCUT2D eigenvalue weighted by Crippen LogP contribution is -2.46. The van der Waals surface area contributed by atoms with Crippen LogP contribution >= 0.6 is 0 Å². The number of urea groups is 1. The number of carbonyl (C=O) groups excluding carboxylic acids is 2. The van der Waals surface area contributed by atoms with Gasteiger partial charge < -0.3 is 9.74 Å². The molecule has 1 fully saturated rings. The first-order valence-electron chi connectivity index (χ1n) is 6.07. The number of nitrogens with one attached hydrogen (secondary N) is 1. The Morgan fingerprint density at radius 2 is 2.00 bits per heavy atom. The summed E-state index contributed by atoms with van der Waals surface area (Å²) in [5.41, 5.74) is -0.830. The monoisotopic (exact) mass is 258 g/mol. The number of rotatable bonds is 5. The third-order valence-electron chi connectivity index (χ3n) is 2.85. The molecule has 98 valence electrons. The predicted molar refractivity (Wildman–Crippen MR) is 68.3 cm³/mol. The van der Waals surface area contributed by atoms with Crippen LogP contribution in [0, 0.1) is 0 Å². The lowest BCUT2D eigenvalue weighted by Gasteiger charge is -2.25. The van der Waals surface area contributed by atoms with E-state index in [0.717, 1.165) is 6.42 Å². The van der Waals surface area contributed by atoms with Crippen molar-refractivity contribution in [3.8, 4) is 0 Å². The quantitative estimate of drug-likeness (QED) is 0.579. The van der Waals surface area contributed by atoms with E-state index in [2.05, 4.69) is 5.32 Å². The molecule has 1 heterocycles. The fourth-order valence-electron chi connectivity index (χ4n) is 1.78. The standard InChI is InChI=1S/C11H22N2O3Si/c1-6-8(17-16-7(2)3)13-9(14)11(4,5)12-10(13)15/h7-8H,6,17H2,1-5H3,(H,12,15). The average molecular weight is 258 g/mol. The summed E-state index contributed by atoms with van der Waals surface area (Å²) < 4.78 is 5.64. The molecule has 0 aromatic heterocycles. The molecule has 0 saturated carbocycles. The number of hydrogen-bond donors (Lipinski definition) is 1. The molecule has 0 aromatic rings. The molecule has 5 nitrogen and oxygen atoms in total. The average Bonchev–Trinajstić information content (AvgIpc) is 2.40. The second-order valence-corrected chi connectivity index (χ2v) is 6.78. The summed E-state index contributed by atoms with van der Waals surface area (Å²) in [7, 11) is -0.920. The van der Waals surface area contributed by atoms with Gasteiger partial charge in [-0.3, -0.25) is 9.69 Å². The van der Waals surface area contributed by atoms with Crippen molar-refractivity contribution in [1.29, 1.82) is 0 Å². The molecular weight excluding hydrogens is 236 g/mol. The van der Waals surface area contributed by atoms with Crippen molar-refractivity contribution in [1.82, 2.24) is 10.2 Å². The van der Waals surface area contributed by atoms with Crippen molar-refractivity contribution in [3.05, 3.63) is 0 Å². The van der Waals surface area contributed by atoms with E-state index >= 15 is 0 Å². The van der Waals surface area contributed by atoms with E-state index in [4.69, 9.17) is 4.43 Å². The molecular formula is C11H22N2O3Si. The summed E-state index contributed by atoms with van der Waals surface area (Å²) in [5, 5.41) is 2.70. The van der Waals surface area contributed by atoms with Crippen LogP contribution in [0.25, 0.3) is 0 Å². The lowest BCUT2D eigenvalue weighted by atomic mass is 10.1. The molecule has 0 aliphatic carbocycles. The Balaban J connectivity index is 2.75. The zero-order valence-corrected chi connectivity index (χ0v) is 12.7. The Hall–Kier alpha value is -0.883. The van der Waals surface area contributed by atoms with Crippen LogP contribution in [0.1, 0.15) is 41.0 Å². The van der Waals surface area contributed by atoms with Crippen LogP contribution in [0.2, 0.25) is 0 Å². The van der Waals surface area contributed by atoms with E-state index in [9.17, 15) is 9.59 Å². The largest absolute Gasteiger partial charge is 0.420 e. The Morgan fingerprint density at radius 1 is 1.41 bits per heavy atom. The van der Waals surface area contributed by atoms with Crippen molar-refractivity contribution in [3.63, 3.8) is 0 Å². The highest BCUT2D eigenvalue weighted by molar-refractivity contribution is 6.32. The first kappa shape index (κ1) is 14.2. The van der Waals surface area contributed by atoms with Gasteiger partial charge in [0.05, 0.1) is 5.67 Å². The Kier molecular flexibility index (Phi) is 4.32. The van der Waals surface area contributed by atoms with Crippen molar-refractivity contribution < 1.29 is 14.0 Å². The first-order chi connectivity index (χ1) is 7.79. The van der Waals surface area contributed by atoms with Crippen LogP contribution in [0.15, 0.2) is 0 Å². The summed E-state index contributed by atoms with van der Waals surface area (Å²) in [5.74, 6) is -0.144. The van der Waals surface area contributed by atoms with E-state index < -0.39 is 15.3 Å². The van der Waals surface area contributed by atoms with Gasteiger partial charge in [0.2, 0.25) is 0 Å². The first-order valence-corrected chi connectivity index (χ1v) is 7.46. The summed E-state index contributed by atoms with van der Waals surface area (Å²) in [6.45, 7) is 9.37. The van der Waals surface area contributed by atoms with E-state index in [1.807, 2.05) is 20.8 Å². The molecule has 0 bridgehead atoms. The minimum absolute atomic E-state index is 0.0494. The van der Waals surface area contributed by atoms with Crippen molar-refractivity contribution >= 4 is 21.7 Å². The Bertz CT molecular complexity index is 318. The van der Waals surface area contributed by atoms with Crippen LogP contribution < -0.4 is 5.32 Å². The maximum Gasteiger partial charge on any atom is 0.325 e. The molecule has 1 N–H and O–H groups in total. The van der Waals surface area contributed by atoms with Crippen LogP contribution in [0.3, 0.4) is 0 Å². The van der Waals surface area contributed by atoms with Crippen LogP contribution in [0.4, 0.5) is 4.79 Å². The Labute approximate surface area is 105 Å². The zero-order chi connectivity index (χ0) is 13.2. The normalized spacial score (nSPS) is 21.6. The third kappa shape index (κ3) is 3.07. The molecule has 0 aromatic carbocycles. The SMILES string of the molecule is CCC([SiH2]OC(C)C)N1C(=O)NC(C)(C)C1=O. The molecule has 1 rings (SSSR count). The maximum atomic E-state index is 12.1. The number of nitrogens with zero attached hydrogens (tertiary/aromatic N) is 1. The fraction of sp³-hybridized carbons (Fsp3) is 0.818. The van der Waals surface area contributed by atoms with Crippen molar-refractivity contribution in [2.45, 2.75) is 58.3 Å². The van der Waals surface area contributed by atoms with Gasteiger partial charge in [-0.25, -0.2) is 4.79 Å². The number of imide groups is 1. The molecule has 1 aliphatic heterocycles. The van der Waals surface area contributed by atoms with Gasteiger partial charge in [-0.2, -0.15) is 0 Å². The second kappa shape index (κ2) is 5.18. The van der Waals surface area contributed by atoms with Crippen LogP contribution in [0.5, 0.6) is 0 Å². The smallest absolute Gasteiger partial charge is 0.325 e. The second-order valence-electron chi connectivity index (χ2n) is 5.17. The summed E-state index contributed by atoms with van der Waals surface area (Å²) in [4.78, 5) is 25.3. The van der Waals surface area contributed by atoms with E-state index in [-0.39, 0.29) is 23.7 Å². The Morgan fingerprint density at radius 3 is 2.35 bits per heavy atom. The minimum Gasteiger partial charge on any atom is -0.420 e. The molecule has 17 heavy (non-hydrogen) atoms. The third-order valence-corrected chi connectivity index (χ3v) is 5.04. The molecule has 1 saturated heterocycles. The summed E-state index contributed by atoms with van der Waals surface area (Å²) in [6, 6.07) is -0.285. The highest BCUT2D eigenvalue weighted by Crippen LogP contribution is 2.20. The van der Waals surface area contributed by atoms with Gasteiger partial charge in [0.1, 0.15) is 5.54 Å². The van der Waals surface area contributed by atoms with E-state index in [0.29, 0.717) is 0 Å². The van der Waals surface area contributed by atoms with Gasteiger partial charge in [-0.05, 0) is 34.1 Å². The number of hydrogen-bond acceptors (Lipinski definition) is 3. The van der Waals surface area contributed by atoms with Crippen LogP contribution in [-0.4, -0.2) is 43.9 Å². The molecule has 1 unspecified atom stereocenters. The van der Waals surface area contributed by atoms with Gasteiger partial charge in [-0.15, -0.1) is 0 Å². The maximum absolute atomic E-state index is 12.1. The molecule has 6 heteroatoms. The summed E-state index contributed by atoms with van der Waals surface area (Å²) in [6.07, 6.45) is 0.915. The van der Waals surface area contributed by atoms with Gasteiger partial charge in [0.25, 0.3) is 5.91 Å². The van der Waals surface area contributed by atoms with Gasteiger partial charge in [-0.1, -0.05) is 6.92 Å². The van der Waals surface area contributed by atoms with E-state index in [1.54, 1.807) is 13.8 Å². The zero-order valence-electron chi connectivity index (χ0n) is 11.2. The number of carbonyl (C=O) groups is 2. The van der Waals surface area contributed by atoms with Crippen LogP contribution in [-0.2, 0) is 9.22 Å². The molecule has 1 atom stereocenters. The highest BCUT2D eigenvalue weighted by Gasteiger charge is 2.46. The van der Waals surface area contributed by atoms with Gasteiger partial charge in [0, 0.05) is 6.10 Å². The van der Waals surface area contributed by atoms with Gasteiger partial charge in [0.15, 0.2) is 9.76 Å². The molecule has 3 amide bonds. The topological polar surface area (TPSA) is 58.6 Å².